The van der Waals surface area contributed by atoms with Crippen molar-refractivity contribution in [1.29, 1.82) is 0 Å². The predicted molar refractivity (Wildman–Crippen MR) is 102 cm³/mol. The van der Waals surface area contributed by atoms with Gasteiger partial charge in [0.2, 0.25) is 6.36 Å². The number of aromatic nitrogens is 2. The zero-order chi connectivity index (χ0) is 24.3. The molecule has 2 unspecified atom stereocenters. The van der Waals surface area contributed by atoms with Gasteiger partial charge < -0.3 is 35.2 Å². The van der Waals surface area contributed by atoms with Crippen molar-refractivity contribution in [3.8, 4) is 0 Å². The molecule has 0 fully saturated rings. The van der Waals surface area contributed by atoms with Gasteiger partial charge in [-0.1, -0.05) is 15.9 Å². The maximum Gasteiger partial charge on any atom is 0.490 e. The van der Waals surface area contributed by atoms with Crippen LogP contribution in [0, 0.1) is 0 Å². The van der Waals surface area contributed by atoms with E-state index in [-0.39, 0.29) is 5.82 Å². The zero-order valence-electron chi connectivity index (χ0n) is 15.3. The lowest BCUT2D eigenvalue weighted by Gasteiger charge is -2.35. The number of hydrogen-bond acceptors (Lipinski definition) is 11. The number of halogens is 2. The van der Waals surface area contributed by atoms with E-state index >= 15 is 0 Å². The van der Waals surface area contributed by atoms with Gasteiger partial charge in [0.25, 0.3) is 0 Å². The number of phosphoric ester groups is 1. The van der Waals surface area contributed by atoms with Crippen LogP contribution in [-0.4, -0.2) is 58.1 Å². The molecule has 1 aromatic rings. The number of nitrogens with zero attached hydrogens (tertiary/aromatic N) is 2. The minimum atomic E-state index is -5.81. The highest BCUT2D eigenvalue weighted by molar-refractivity contribution is 9.09. The number of alkyl halides is 2. The van der Waals surface area contributed by atoms with Crippen molar-refractivity contribution in [2.45, 2.75) is 25.1 Å². The van der Waals surface area contributed by atoms with Gasteiger partial charge in [0.05, 0.1) is 6.61 Å². The first-order valence-electron chi connectivity index (χ1n) is 7.61. The smallest absolute Gasteiger partial charge is 0.383 e. The Morgan fingerprint density at radius 3 is 2.29 bits per heavy atom. The number of nitrogens with two attached hydrogens (primary N) is 1. The van der Waals surface area contributed by atoms with Crippen LogP contribution in [-0.2, 0) is 31.6 Å². The summed E-state index contributed by atoms with van der Waals surface area (Å²) in [6.45, 7) is -0.120. The van der Waals surface area contributed by atoms with Crippen molar-refractivity contribution in [3.63, 3.8) is 0 Å². The Morgan fingerprint density at radius 2 is 1.84 bits per heavy atom. The predicted octanol–water partition coefficient (Wildman–Crippen LogP) is 0.125. The molecule has 1 rings (SSSR count). The molecule has 0 aliphatic rings. The summed E-state index contributed by atoms with van der Waals surface area (Å²) in [4.78, 5) is 50.9. The van der Waals surface area contributed by atoms with Crippen LogP contribution in [0.3, 0.4) is 0 Å². The van der Waals surface area contributed by atoms with E-state index in [0.29, 0.717) is 0 Å². The van der Waals surface area contributed by atoms with Crippen LogP contribution in [0.4, 0.5) is 10.2 Å². The standard InChI is InChI=1S/C10H18BrFN3O13P3/c1-6(15-3-2-7(13)14-9(15)17)26-10(4-11,8(12)16)5-25-30(21,22)28-31(23,24)27-29(18,19)20/h2-3,6,8,16H,4-5H2,1H3,(H,21,22)(H,23,24)(H2,13,14,17)(H2,18,19,20)/t6-,8-,10-/m1/s1. The van der Waals surface area contributed by atoms with Gasteiger partial charge in [0, 0.05) is 11.5 Å². The molecule has 0 aliphatic heterocycles. The lowest BCUT2D eigenvalue weighted by molar-refractivity contribution is -0.212. The van der Waals surface area contributed by atoms with E-state index < -0.39 is 59.3 Å². The molecule has 1 aromatic heterocycles. The molecule has 5 atom stereocenters. The summed E-state index contributed by atoms with van der Waals surface area (Å²) < 4.78 is 65.2. The molecular weight excluding hydrogens is 562 g/mol. The SMILES string of the molecule is C[C@@H](O[C@](CBr)(COP(=O)(O)OP(=O)(O)OP(=O)(O)O)[C@@H](O)F)n1ccc(N)nc1=O. The van der Waals surface area contributed by atoms with Crippen LogP contribution in [0.1, 0.15) is 13.2 Å². The maximum absolute atomic E-state index is 14.0. The molecular formula is C10H18BrFN3O13P3. The molecule has 0 aliphatic carbocycles. The molecule has 180 valence electrons. The molecule has 0 saturated heterocycles. The average molecular weight is 580 g/mol. The van der Waals surface area contributed by atoms with Gasteiger partial charge in [-0.15, -0.1) is 0 Å². The number of phosphoric acid groups is 3. The van der Waals surface area contributed by atoms with Gasteiger partial charge in [0.15, 0.2) is 5.60 Å². The van der Waals surface area contributed by atoms with Crippen molar-refractivity contribution < 1.29 is 60.6 Å². The second-order valence-electron chi connectivity index (χ2n) is 5.66. The third-order valence-electron chi connectivity index (χ3n) is 3.20. The van der Waals surface area contributed by atoms with Gasteiger partial charge in [-0.2, -0.15) is 13.6 Å². The van der Waals surface area contributed by atoms with Crippen molar-refractivity contribution in [2.75, 3.05) is 17.7 Å². The minimum Gasteiger partial charge on any atom is -0.383 e. The topological polar surface area (TPSA) is 250 Å². The average Bonchev–Trinajstić information content (AvgIpc) is 2.54. The summed E-state index contributed by atoms with van der Waals surface area (Å²) in [5.74, 6) is -0.126. The number of ether oxygens (including phenoxy) is 1. The first-order valence-corrected chi connectivity index (χ1v) is 13.3. The van der Waals surface area contributed by atoms with Crippen LogP contribution in [0.5, 0.6) is 0 Å². The Balaban J connectivity index is 3.04. The molecule has 21 heteroatoms. The third kappa shape index (κ3) is 9.06. The lowest BCUT2D eigenvalue weighted by atomic mass is 10.1. The highest BCUT2D eigenvalue weighted by Crippen LogP contribution is 2.66. The van der Waals surface area contributed by atoms with Gasteiger partial charge in [0.1, 0.15) is 12.0 Å². The number of nitrogen functional groups attached to an aromatic ring is 1. The largest absolute Gasteiger partial charge is 0.490 e. The number of hydrogen-bond donors (Lipinski definition) is 6. The highest BCUT2D eigenvalue weighted by Gasteiger charge is 2.46. The molecule has 7 N–H and O–H groups in total. The van der Waals surface area contributed by atoms with Crippen LogP contribution in [0.25, 0.3) is 0 Å². The number of aliphatic hydroxyl groups is 1. The molecule has 0 bridgehead atoms. The van der Waals surface area contributed by atoms with Crippen molar-refractivity contribution in [3.05, 3.63) is 22.7 Å². The quantitative estimate of drug-likeness (QED) is 0.142. The Hall–Kier alpha value is -0.580. The lowest BCUT2D eigenvalue weighted by Crippen LogP contribution is -2.50. The molecule has 0 saturated carbocycles. The van der Waals surface area contributed by atoms with Crippen LogP contribution >= 0.6 is 39.4 Å². The van der Waals surface area contributed by atoms with Crippen LogP contribution in [0.2, 0.25) is 0 Å². The fraction of sp³-hybridized carbons (Fsp3) is 0.600. The normalized spacial score (nSPS) is 20.3. The maximum atomic E-state index is 14.0. The second-order valence-corrected chi connectivity index (χ2v) is 10.6. The molecule has 16 nitrogen and oxygen atoms in total. The van der Waals surface area contributed by atoms with Crippen LogP contribution < -0.4 is 11.4 Å². The first kappa shape index (κ1) is 28.5. The van der Waals surface area contributed by atoms with E-state index in [1.807, 2.05) is 0 Å². The molecule has 31 heavy (non-hydrogen) atoms. The summed E-state index contributed by atoms with van der Waals surface area (Å²) in [5.41, 5.74) is 1.93. The summed E-state index contributed by atoms with van der Waals surface area (Å²) >= 11 is 2.80. The number of aliphatic hydroxyl groups excluding tert-OH is 1. The minimum absolute atomic E-state index is 0.126. The zero-order valence-corrected chi connectivity index (χ0v) is 19.6. The molecule has 0 aromatic carbocycles. The molecule has 0 radical (unpaired) electrons. The van der Waals surface area contributed by atoms with Crippen molar-refractivity contribution in [2.24, 2.45) is 0 Å². The van der Waals surface area contributed by atoms with Crippen molar-refractivity contribution in [1.82, 2.24) is 9.55 Å². The Bertz CT molecular complexity index is 972. The Labute approximate surface area is 181 Å². The number of rotatable bonds is 12. The van der Waals surface area contributed by atoms with Gasteiger partial charge in [-0.25, -0.2) is 22.9 Å². The molecule has 0 amide bonds. The fourth-order valence-electron chi connectivity index (χ4n) is 1.89. The molecule has 1 heterocycles. The summed E-state index contributed by atoms with van der Waals surface area (Å²) in [5, 5.41) is 8.87. The van der Waals surface area contributed by atoms with Crippen molar-refractivity contribution >= 4 is 45.2 Å². The van der Waals surface area contributed by atoms with E-state index in [1.54, 1.807) is 0 Å². The van der Waals surface area contributed by atoms with Crippen LogP contribution in [0.15, 0.2) is 17.1 Å². The number of anilines is 1. The Kier molecular flexibility index (Phi) is 9.70. The van der Waals surface area contributed by atoms with Gasteiger partial charge >= 0.3 is 29.2 Å². The van der Waals surface area contributed by atoms with Gasteiger partial charge in [-0.3, -0.25) is 9.09 Å². The summed E-state index contributed by atoms with van der Waals surface area (Å²) in [7, 11) is -17.1. The summed E-state index contributed by atoms with van der Waals surface area (Å²) in [6, 6.07) is 1.20. The van der Waals surface area contributed by atoms with E-state index in [2.05, 4.69) is 34.1 Å². The Morgan fingerprint density at radius 1 is 1.26 bits per heavy atom. The fourth-order valence-corrected chi connectivity index (χ4v) is 5.52. The monoisotopic (exact) mass is 579 g/mol. The third-order valence-corrected chi connectivity index (χ3v) is 7.93. The van der Waals surface area contributed by atoms with E-state index in [9.17, 15) is 32.9 Å². The van der Waals surface area contributed by atoms with E-state index in [0.717, 1.165) is 10.8 Å². The van der Waals surface area contributed by atoms with E-state index in [4.69, 9.17) is 25.2 Å². The van der Waals surface area contributed by atoms with E-state index in [1.165, 1.54) is 13.0 Å². The first-order chi connectivity index (χ1) is 13.9. The molecule has 0 spiro atoms. The van der Waals surface area contributed by atoms with Gasteiger partial charge in [-0.05, 0) is 13.0 Å². The second kappa shape index (κ2) is 10.6. The highest BCUT2D eigenvalue weighted by atomic mass is 79.9. The summed E-state index contributed by atoms with van der Waals surface area (Å²) in [6.07, 6.45) is -3.14.